The van der Waals surface area contributed by atoms with E-state index in [0.29, 0.717) is 27.7 Å². The minimum Gasteiger partial charge on any atom is -0.366 e. The summed E-state index contributed by atoms with van der Waals surface area (Å²) in [7, 11) is 0. The lowest BCUT2D eigenvalue weighted by Gasteiger charge is -2.27. The van der Waals surface area contributed by atoms with E-state index in [4.69, 9.17) is 28.9 Å². The lowest BCUT2D eigenvalue weighted by molar-refractivity contribution is 0.0690. The molecule has 6 heteroatoms. The van der Waals surface area contributed by atoms with E-state index in [1.807, 2.05) is 19.9 Å². The van der Waals surface area contributed by atoms with Crippen LogP contribution in [0.25, 0.3) is 0 Å². The summed E-state index contributed by atoms with van der Waals surface area (Å²) >= 11 is 12.0. The average Bonchev–Trinajstić information content (AvgIpc) is 2.55. The fraction of sp³-hybridized carbons (Fsp3) is 0.222. The van der Waals surface area contributed by atoms with Gasteiger partial charge >= 0.3 is 0 Å². The normalized spacial score (nSPS) is 10.7. The molecule has 0 saturated carbocycles. The van der Waals surface area contributed by atoms with Gasteiger partial charge in [0.1, 0.15) is 0 Å². The van der Waals surface area contributed by atoms with Crippen LogP contribution in [0.4, 0.5) is 0 Å². The Hall–Kier alpha value is -2.04. The maximum atomic E-state index is 12.8. The zero-order valence-corrected chi connectivity index (χ0v) is 14.9. The Morgan fingerprint density at radius 3 is 2.08 bits per heavy atom. The second-order valence-electron chi connectivity index (χ2n) is 5.72. The van der Waals surface area contributed by atoms with Crippen molar-refractivity contribution in [2.24, 2.45) is 5.73 Å². The molecule has 2 amide bonds. The van der Waals surface area contributed by atoms with Gasteiger partial charge in [-0.25, -0.2) is 0 Å². The minimum absolute atomic E-state index is 0.0113. The van der Waals surface area contributed by atoms with Crippen molar-refractivity contribution in [2.45, 2.75) is 26.4 Å². The molecule has 4 nitrogen and oxygen atoms in total. The number of hydrogen-bond acceptors (Lipinski definition) is 2. The van der Waals surface area contributed by atoms with Crippen LogP contribution in [0.1, 0.15) is 40.1 Å². The van der Waals surface area contributed by atoms with Gasteiger partial charge in [0.2, 0.25) is 5.91 Å². The zero-order valence-electron chi connectivity index (χ0n) is 13.4. The van der Waals surface area contributed by atoms with Gasteiger partial charge in [-0.1, -0.05) is 29.3 Å². The quantitative estimate of drug-likeness (QED) is 0.866. The molecule has 0 aliphatic carbocycles. The summed E-state index contributed by atoms with van der Waals surface area (Å²) < 4.78 is 0. The van der Waals surface area contributed by atoms with Crippen molar-refractivity contribution in [1.82, 2.24) is 4.90 Å². The maximum absolute atomic E-state index is 12.8. The van der Waals surface area contributed by atoms with Crippen LogP contribution in [0, 0.1) is 0 Å². The fourth-order valence-electron chi connectivity index (χ4n) is 2.27. The first-order chi connectivity index (χ1) is 11.3. The number of rotatable bonds is 5. The third kappa shape index (κ3) is 4.28. The molecule has 0 unspecified atom stereocenters. The van der Waals surface area contributed by atoms with Crippen LogP contribution >= 0.6 is 23.2 Å². The van der Waals surface area contributed by atoms with E-state index in [9.17, 15) is 9.59 Å². The number of hydrogen-bond donors (Lipinski definition) is 1. The van der Waals surface area contributed by atoms with Crippen LogP contribution < -0.4 is 5.73 Å². The molecule has 24 heavy (non-hydrogen) atoms. The largest absolute Gasteiger partial charge is 0.366 e. The molecule has 0 fully saturated rings. The molecule has 0 bridgehead atoms. The van der Waals surface area contributed by atoms with Crippen LogP contribution in [-0.4, -0.2) is 22.8 Å². The number of amides is 2. The van der Waals surface area contributed by atoms with Gasteiger partial charge in [-0.15, -0.1) is 0 Å². The van der Waals surface area contributed by atoms with Crippen molar-refractivity contribution >= 4 is 35.0 Å². The summed E-state index contributed by atoms with van der Waals surface area (Å²) in [6.45, 7) is 4.28. The Kier molecular flexibility index (Phi) is 5.86. The van der Waals surface area contributed by atoms with Crippen LogP contribution in [0.3, 0.4) is 0 Å². The van der Waals surface area contributed by atoms with Crippen molar-refractivity contribution in [2.75, 3.05) is 0 Å². The van der Waals surface area contributed by atoms with E-state index < -0.39 is 5.91 Å². The van der Waals surface area contributed by atoms with Gasteiger partial charge in [-0.3, -0.25) is 9.59 Å². The molecule has 0 aliphatic heterocycles. The summed E-state index contributed by atoms with van der Waals surface area (Å²) in [4.78, 5) is 25.6. The Labute approximate surface area is 151 Å². The van der Waals surface area contributed by atoms with Gasteiger partial charge < -0.3 is 10.6 Å². The maximum Gasteiger partial charge on any atom is 0.254 e. The molecule has 0 spiro atoms. The van der Waals surface area contributed by atoms with Gasteiger partial charge in [0.05, 0.1) is 10.0 Å². The Bertz CT molecular complexity index is 758. The van der Waals surface area contributed by atoms with E-state index >= 15 is 0 Å². The Balaban J connectivity index is 2.24. The summed E-state index contributed by atoms with van der Waals surface area (Å²) in [5.74, 6) is -0.655. The number of primary amides is 1. The van der Waals surface area contributed by atoms with E-state index in [-0.39, 0.29) is 11.9 Å². The Morgan fingerprint density at radius 1 is 1.00 bits per heavy atom. The molecule has 2 N–H and O–H groups in total. The first kappa shape index (κ1) is 18.3. The summed E-state index contributed by atoms with van der Waals surface area (Å²) in [5.41, 5.74) is 6.97. The third-order valence-corrected chi connectivity index (χ3v) is 4.38. The molecule has 0 aliphatic rings. The molecule has 0 aromatic heterocycles. The summed E-state index contributed by atoms with van der Waals surface area (Å²) in [6.07, 6.45) is 0. The molecule has 0 radical (unpaired) electrons. The molecule has 126 valence electrons. The lowest BCUT2D eigenvalue weighted by Crippen LogP contribution is -2.36. The number of nitrogens with zero attached hydrogens (tertiary/aromatic N) is 1. The van der Waals surface area contributed by atoms with Crippen molar-refractivity contribution in [3.05, 3.63) is 69.2 Å². The monoisotopic (exact) mass is 364 g/mol. The third-order valence-electron chi connectivity index (χ3n) is 3.64. The highest BCUT2D eigenvalue weighted by atomic mass is 35.5. The van der Waals surface area contributed by atoms with Crippen LogP contribution in [0.5, 0.6) is 0 Å². The van der Waals surface area contributed by atoms with E-state index in [1.165, 1.54) is 0 Å². The van der Waals surface area contributed by atoms with E-state index in [1.54, 1.807) is 41.3 Å². The van der Waals surface area contributed by atoms with Crippen molar-refractivity contribution in [3.8, 4) is 0 Å². The number of nitrogens with two attached hydrogens (primary N) is 1. The van der Waals surface area contributed by atoms with Gasteiger partial charge in [-0.05, 0) is 55.8 Å². The molecule has 0 saturated heterocycles. The number of halogens is 2. The summed E-state index contributed by atoms with van der Waals surface area (Å²) in [5, 5.41) is 0.931. The van der Waals surface area contributed by atoms with Crippen LogP contribution in [-0.2, 0) is 6.54 Å². The molecule has 2 aromatic carbocycles. The lowest BCUT2D eigenvalue weighted by atomic mass is 10.1. The SMILES string of the molecule is CC(C)N(Cc1ccc(Cl)c(Cl)c1)C(=O)c1ccc(C(N)=O)cc1. The Morgan fingerprint density at radius 2 is 1.58 bits per heavy atom. The predicted molar refractivity (Wildman–Crippen MR) is 96.4 cm³/mol. The smallest absolute Gasteiger partial charge is 0.254 e. The van der Waals surface area contributed by atoms with E-state index in [0.717, 1.165) is 5.56 Å². The van der Waals surface area contributed by atoms with Gasteiger partial charge in [-0.2, -0.15) is 0 Å². The molecule has 0 atom stereocenters. The molecular weight excluding hydrogens is 347 g/mol. The van der Waals surface area contributed by atoms with E-state index in [2.05, 4.69) is 0 Å². The highest BCUT2D eigenvalue weighted by Crippen LogP contribution is 2.24. The highest BCUT2D eigenvalue weighted by Gasteiger charge is 2.19. The molecule has 2 aromatic rings. The van der Waals surface area contributed by atoms with Crippen molar-refractivity contribution < 1.29 is 9.59 Å². The summed E-state index contributed by atoms with van der Waals surface area (Å²) in [6, 6.07) is 11.6. The van der Waals surface area contributed by atoms with Gasteiger partial charge in [0.25, 0.3) is 5.91 Å². The molecule has 0 heterocycles. The molecular formula is C18H18Cl2N2O2. The van der Waals surface area contributed by atoms with Gasteiger partial charge in [0.15, 0.2) is 0 Å². The standard InChI is InChI=1S/C18H18Cl2N2O2/c1-11(2)22(10-12-3-8-15(19)16(20)9-12)18(24)14-6-4-13(5-7-14)17(21)23/h3-9,11H,10H2,1-2H3,(H2,21,23). The second-order valence-corrected chi connectivity index (χ2v) is 6.53. The van der Waals surface area contributed by atoms with Crippen molar-refractivity contribution in [1.29, 1.82) is 0 Å². The second kappa shape index (κ2) is 7.69. The van der Waals surface area contributed by atoms with Crippen LogP contribution in [0.2, 0.25) is 10.0 Å². The highest BCUT2D eigenvalue weighted by molar-refractivity contribution is 6.42. The topological polar surface area (TPSA) is 63.4 Å². The minimum atomic E-state index is -0.523. The number of carbonyl (C=O) groups excluding carboxylic acids is 2. The van der Waals surface area contributed by atoms with Gasteiger partial charge in [0, 0.05) is 23.7 Å². The van der Waals surface area contributed by atoms with Crippen LogP contribution in [0.15, 0.2) is 42.5 Å². The fourth-order valence-corrected chi connectivity index (χ4v) is 2.59. The number of carbonyl (C=O) groups is 2. The predicted octanol–water partition coefficient (Wildman–Crippen LogP) is 4.14. The first-order valence-corrected chi connectivity index (χ1v) is 8.20. The van der Waals surface area contributed by atoms with Crippen molar-refractivity contribution in [3.63, 3.8) is 0 Å². The number of benzene rings is 2. The average molecular weight is 365 g/mol. The first-order valence-electron chi connectivity index (χ1n) is 7.44. The zero-order chi connectivity index (χ0) is 17.9. The molecule has 2 rings (SSSR count).